The Kier molecular flexibility index (Phi) is 6.34. The fraction of sp³-hybridized carbons (Fsp3) is 0.500. The lowest BCUT2D eigenvalue weighted by atomic mass is 9.93. The molecule has 3 aromatic rings. The zero-order valence-electron chi connectivity index (χ0n) is 19.6. The first kappa shape index (κ1) is 22.5. The SMILES string of the molecule is CNC(=O)Nc1ccc(-c2nc(N3CCOC[C@@H]3C)nc3c2cnn3C2CCC(O)CC2)cc1. The number of ether oxygens (including phenoxy) is 1. The summed E-state index contributed by atoms with van der Waals surface area (Å²) in [6.45, 7) is 4.12. The highest BCUT2D eigenvalue weighted by Gasteiger charge is 2.27. The molecule has 2 aromatic heterocycles. The number of aliphatic hydroxyl groups is 1. The molecule has 2 fully saturated rings. The monoisotopic (exact) mass is 465 g/mol. The lowest BCUT2D eigenvalue weighted by Gasteiger charge is -2.33. The van der Waals surface area contributed by atoms with Crippen molar-refractivity contribution in [3.8, 4) is 11.3 Å². The van der Waals surface area contributed by atoms with E-state index >= 15 is 0 Å². The number of morpholine rings is 1. The molecule has 3 heterocycles. The zero-order chi connectivity index (χ0) is 23.7. The third-order valence-electron chi connectivity index (χ3n) is 6.72. The van der Waals surface area contributed by atoms with Gasteiger partial charge in [-0.05, 0) is 44.7 Å². The molecule has 0 unspecified atom stereocenters. The van der Waals surface area contributed by atoms with Crippen molar-refractivity contribution in [3.63, 3.8) is 0 Å². The van der Waals surface area contributed by atoms with E-state index in [1.807, 2.05) is 35.1 Å². The third kappa shape index (κ3) is 4.43. The van der Waals surface area contributed by atoms with E-state index in [1.54, 1.807) is 7.05 Å². The average molecular weight is 466 g/mol. The van der Waals surface area contributed by atoms with E-state index in [1.165, 1.54) is 0 Å². The normalized spacial score (nSPS) is 23.1. The number of anilines is 2. The van der Waals surface area contributed by atoms with Gasteiger partial charge >= 0.3 is 6.03 Å². The van der Waals surface area contributed by atoms with Crippen molar-refractivity contribution in [1.82, 2.24) is 25.1 Å². The highest BCUT2D eigenvalue weighted by atomic mass is 16.5. The number of hydrogen-bond donors (Lipinski definition) is 3. The van der Waals surface area contributed by atoms with Crippen LogP contribution in [0.15, 0.2) is 30.5 Å². The average Bonchev–Trinajstić information content (AvgIpc) is 3.29. The van der Waals surface area contributed by atoms with E-state index in [2.05, 4.69) is 22.5 Å². The Morgan fingerprint density at radius 2 is 1.91 bits per heavy atom. The van der Waals surface area contributed by atoms with Gasteiger partial charge in [-0.25, -0.2) is 14.5 Å². The molecule has 1 atom stereocenters. The van der Waals surface area contributed by atoms with Crippen LogP contribution < -0.4 is 15.5 Å². The second kappa shape index (κ2) is 9.55. The molecule has 34 heavy (non-hydrogen) atoms. The van der Waals surface area contributed by atoms with Crippen LogP contribution in [0.5, 0.6) is 0 Å². The molecule has 1 aromatic carbocycles. The molecular formula is C24H31N7O3. The molecule has 2 amide bonds. The first-order chi connectivity index (χ1) is 16.5. The summed E-state index contributed by atoms with van der Waals surface area (Å²) in [7, 11) is 1.58. The van der Waals surface area contributed by atoms with Gasteiger partial charge in [-0.3, -0.25) is 0 Å². The number of amides is 2. The van der Waals surface area contributed by atoms with Gasteiger partial charge in [0, 0.05) is 24.8 Å². The van der Waals surface area contributed by atoms with Gasteiger partial charge in [0.2, 0.25) is 5.95 Å². The molecule has 5 rings (SSSR count). The number of rotatable bonds is 4. The number of benzene rings is 1. The van der Waals surface area contributed by atoms with Gasteiger partial charge in [0.1, 0.15) is 0 Å². The second-order valence-electron chi connectivity index (χ2n) is 9.06. The minimum Gasteiger partial charge on any atom is -0.393 e. The van der Waals surface area contributed by atoms with Crippen LogP contribution in [0.1, 0.15) is 38.6 Å². The van der Waals surface area contributed by atoms with Gasteiger partial charge in [0.15, 0.2) is 5.65 Å². The lowest BCUT2D eigenvalue weighted by Crippen LogP contribution is -2.44. The minimum atomic E-state index is -0.264. The largest absolute Gasteiger partial charge is 0.393 e. The van der Waals surface area contributed by atoms with Gasteiger partial charge in [-0.2, -0.15) is 10.1 Å². The van der Waals surface area contributed by atoms with Crippen LogP contribution in [-0.4, -0.2) is 69.8 Å². The van der Waals surface area contributed by atoms with Gasteiger partial charge in [-0.15, -0.1) is 0 Å². The Hall–Kier alpha value is -3.24. The predicted octanol–water partition coefficient (Wildman–Crippen LogP) is 2.95. The molecule has 1 saturated carbocycles. The Labute approximate surface area is 198 Å². The van der Waals surface area contributed by atoms with Crippen molar-refractivity contribution >= 4 is 28.7 Å². The van der Waals surface area contributed by atoms with Crippen LogP contribution in [0.3, 0.4) is 0 Å². The maximum atomic E-state index is 11.6. The van der Waals surface area contributed by atoms with Crippen LogP contribution in [0, 0.1) is 0 Å². The maximum absolute atomic E-state index is 11.6. The standard InChI is InChI=1S/C24H31N7O3/c1-15-14-34-12-11-30(15)23-28-21(16-3-5-17(6-4-16)27-24(33)25-2)20-13-26-31(22(20)29-23)18-7-9-19(32)10-8-18/h3-6,13,15,18-19,32H,7-12,14H2,1-2H3,(H2,25,27,33)/t15-,18?,19?/m0/s1. The number of carbonyl (C=O) groups excluding carboxylic acids is 1. The summed E-state index contributed by atoms with van der Waals surface area (Å²) in [5.41, 5.74) is 3.25. The second-order valence-corrected chi connectivity index (χ2v) is 9.06. The fourth-order valence-electron chi connectivity index (χ4n) is 4.76. The number of urea groups is 1. The molecule has 1 saturated heterocycles. The van der Waals surface area contributed by atoms with Gasteiger partial charge < -0.3 is 25.4 Å². The number of carbonyl (C=O) groups is 1. The topological polar surface area (TPSA) is 117 Å². The number of hydrogen-bond acceptors (Lipinski definition) is 7. The third-order valence-corrected chi connectivity index (χ3v) is 6.72. The number of fused-ring (bicyclic) bond motifs is 1. The fourth-order valence-corrected chi connectivity index (χ4v) is 4.76. The summed E-state index contributed by atoms with van der Waals surface area (Å²) in [6, 6.07) is 7.74. The van der Waals surface area contributed by atoms with Gasteiger partial charge in [0.25, 0.3) is 0 Å². The van der Waals surface area contributed by atoms with Crippen molar-refractivity contribution < 1.29 is 14.6 Å². The Morgan fingerprint density at radius 3 is 2.62 bits per heavy atom. The van der Waals surface area contributed by atoms with E-state index < -0.39 is 0 Å². The van der Waals surface area contributed by atoms with Crippen molar-refractivity contribution in [3.05, 3.63) is 30.5 Å². The van der Waals surface area contributed by atoms with E-state index in [9.17, 15) is 9.90 Å². The zero-order valence-corrected chi connectivity index (χ0v) is 19.6. The highest BCUT2D eigenvalue weighted by molar-refractivity contribution is 5.93. The number of aliphatic hydroxyl groups excluding tert-OH is 1. The Balaban J connectivity index is 1.57. The van der Waals surface area contributed by atoms with Gasteiger partial charge in [-0.1, -0.05) is 12.1 Å². The molecule has 0 bridgehead atoms. The summed E-state index contributed by atoms with van der Waals surface area (Å²) in [4.78, 5) is 23.8. The number of nitrogens with one attached hydrogen (secondary N) is 2. The quantitative estimate of drug-likeness (QED) is 0.542. The highest BCUT2D eigenvalue weighted by Crippen LogP contribution is 2.34. The van der Waals surface area contributed by atoms with Crippen LogP contribution in [0.4, 0.5) is 16.4 Å². The molecular weight excluding hydrogens is 434 g/mol. The molecule has 10 heteroatoms. The van der Waals surface area contributed by atoms with Crippen LogP contribution in [0.2, 0.25) is 0 Å². The molecule has 180 valence electrons. The molecule has 2 aliphatic rings. The van der Waals surface area contributed by atoms with Crippen LogP contribution >= 0.6 is 0 Å². The summed E-state index contributed by atoms with van der Waals surface area (Å²) < 4.78 is 7.64. The first-order valence-electron chi connectivity index (χ1n) is 11.9. The Morgan fingerprint density at radius 1 is 1.15 bits per heavy atom. The molecule has 0 spiro atoms. The maximum Gasteiger partial charge on any atom is 0.318 e. The number of nitrogens with zero attached hydrogens (tertiary/aromatic N) is 5. The molecule has 0 radical (unpaired) electrons. The number of aromatic nitrogens is 4. The van der Waals surface area contributed by atoms with Crippen molar-refractivity contribution in [1.29, 1.82) is 0 Å². The van der Waals surface area contributed by atoms with Gasteiger partial charge in [0.05, 0.1) is 48.7 Å². The minimum absolute atomic E-state index is 0.166. The van der Waals surface area contributed by atoms with E-state index in [0.717, 1.165) is 54.5 Å². The van der Waals surface area contributed by atoms with Crippen LogP contribution in [-0.2, 0) is 4.74 Å². The summed E-state index contributed by atoms with van der Waals surface area (Å²) in [6.07, 6.45) is 4.92. The van der Waals surface area contributed by atoms with E-state index in [4.69, 9.17) is 19.8 Å². The van der Waals surface area contributed by atoms with E-state index in [0.29, 0.717) is 24.8 Å². The summed E-state index contributed by atoms with van der Waals surface area (Å²) in [5, 5.41) is 20.9. The smallest absolute Gasteiger partial charge is 0.318 e. The van der Waals surface area contributed by atoms with Crippen molar-refractivity contribution in [2.45, 2.75) is 50.8 Å². The van der Waals surface area contributed by atoms with Crippen molar-refractivity contribution in [2.75, 3.05) is 37.0 Å². The van der Waals surface area contributed by atoms with E-state index in [-0.39, 0.29) is 24.2 Å². The first-order valence-corrected chi connectivity index (χ1v) is 11.9. The summed E-state index contributed by atoms with van der Waals surface area (Å²) >= 11 is 0. The summed E-state index contributed by atoms with van der Waals surface area (Å²) in [5.74, 6) is 0.670. The van der Waals surface area contributed by atoms with Crippen molar-refractivity contribution in [2.24, 2.45) is 0 Å². The predicted molar refractivity (Wildman–Crippen MR) is 130 cm³/mol. The molecule has 10 nitrogen and oxygen atoms in total. The lowest BCUT2D eigenvalue weighted by molar-refractivity contribution is 0.0981. The molecule has 3 N–H and O–H groups in total. The molecule has 1 aliphatic heterocycles. The molecule has 1 aliphatic carbocycles. The van der Waals surface area contributed by atoms with Crippen LogP contribution in [0.25, 0.3) is 22.3 Å². The Bertz CT molecular complexity index is 1160.